The molecule has 118 valence electrons. The van der Waals surface area contributed by atoms with Crippen LogP contribution in [0.4, 0.5) is 0 Å². The molecule has 0 aliphatic carbocycles. The molecule has 1 heterocycles. The Morgan fingerprint density at radius 2 is 1.65 bits per heavy atom. The fourth-order valence-corrected chi connectivity index (χ4v) is 2.26. The van der Waals surface area contributed by atoms with Crippen molar-refractivity contribution < 1.29 is 14.3 Å². The lowest BCUT2D eigenvalue weighted by molar-refractivity contribution is 0.413. The van der Waals surface area contributed by atoms with E-state index >= 15 is 0 Å². The Hall–Kier alpha value is -2.66. The van der Waals surface area contributed by atoms with Gasteiger partial charge in [0, 0.05) is 11.6 Å². The smallest absolute Gasteiger partial charge is 0.421 e. The Kier molecular flexibility index (Phi) is 4.39. The van der Waals surface area contributed by atoms with Crippen LogP contribution >= 0.6 is 11.6 Å². The van der Waals surface area contributed by atoms with Gasteiger partial charge >= 0.3 is 5.76 Å². The molecule has 2 aromatic carbocycles. The molecular weight excluding hydrogens is 318 g/mol. The molecule has 0 aliphatic heterocycles. The van der Waals surface area contributed by atoms with Gasteiger partial charge in [-0.1, -0.05) is 23.7 Å². The van der Waals surface area contributed by atoms with Gasteiger partial charge in [0.05, 0.1) is 0 Å². The first-order valence-electron chi connectivity index (χ1n) is 7.01. The zero-order valence-electron chi connectivity index (χ0n) is 12.1. The third-order valence-corrected chi connectivity index (χ3v) is 3.61. The van der Waals surface area contributed by atoms with Gasteiger partial charge in [-0.3, -0.25) is 0 Å². The minimum absolute atomic E-state index is 0.169. The van der Waals surface area contributed by atoms with E-state index in [0.29, 0.717) is 29.5 Å². The first-order valence-corrected chi connectivity index (χ1v) is 7.39. The number of aryl methyl sites for hydroxylation is 1. The van der Waals surface area contributed by atoms with Gasteiger partial charge in [-0.05, 0) is 48.4 Å². The molecule has 0 bridgehead atoms. The van der Waals surface area contributed by atoms with Crippen LogP contribution in [0.5, 0.6) is 17.4 Å². The molecule has 1 aromatic heterocycles. The maximum atomic E-state index is 11.3. The monoisotopic (exact) mass is 331 g/mol. The second-order valence-corrected chi connectivity index (χ2v) is 5.40. The number of oxazole rings is 1. The fourth-order valence-electron chi connectivity index (χ4n) is 2.13. The van der Waals surface area contributed by atoms with Gasteiger partial charge in [0.2, 0.25) is 5.88 Å². The Labute approximate surface area is 137 Å². The molecule has 0 saturated carbocycles. The lowest BCUT2D eigenvalue weighted by Crippen LogP contribution is -2.15. The van der Waals surface area contributed by atoms with Crippen LogP contribution in [-0.4, -0.2) is 9.67 Å². The van der Waals surface area contributed by atoms with Crippen molar-refractivity contribution in [2.45, 2.75) is 13.0 Å². The molecule has 0 amide bonds. The van der Waals surface area contributed by atoms with Gasteiger partial charge in [0.1, 0.15) is 11.5 Å². The summed E-state index contributed by atoms with van der Waals surface area (Å²) in [6, 6.07) is 14.6. The van der Waals surface area contributed by atoms with Crippen LogP contribution in [0.1, 0.15) is 5.56 Å². The number of halogens is 1. The summed E-state index contributed by atoms with van der Waals surface area (Å²) >= 11 is 5.83. The minimum atomic E-state index is -0.565. The first kappa shape index (κ1) is 15.2. The Morgan fingerprint density at radius 3 is 2.22 bits per heavy atom. The number of aromatic hydroxyl groups is 1. The quantitative estimate of drug-likeness (QED) is 0.771. The molecule has 5 nitrogen and oxygen atoms in total. The lowest BCUT2D eigenvalue weighted by atomic mass is 10.1. The molecule has 1 N–H and O–H groups in total. The number of nitrogens with zero attached hydrogens (tertiary/aromatic N) is 1. The Morgan fingerprint density at radius 1 is 1.04 bits per heavy atom. The molecule has 0 saturated heterocycles. The standard InChI is InChI=1S/C17H14ClNO4/c18-13-3-7-15(8-4-13)23-14-5-1-12(2-6-14)9-10-19-16(20)11-22-17(19)21/h1-8,11,20H,9-10H2. The summed E-state index contributed by atoms with van der Waals surface area (Å²) in [5.74, 6) is 0.680. The van der Waals surface area contributed by atoms with E-state index in [1.807, 2.05) is 24.3 Å². The number of ether oxygens (including phenoxy) is 1. The van der Waals surface area contributed by atoms with Crippen LogP contribution in [-0.2, 0) is 13.0 Å². The summed E-state index contributed by atoms with van der Waals surface area (Å²) < 4.78 is 11.5. The SMILES string of the molecule is O=c1occ(O)n1CCc1ccc(Oc2ccc(Cl)cc2)cc1. The van der Waals surface area contributed by atoms with Crippen molar-refractivity contribution in [2.75, 3.05) is 0 Å². The second-order valence-electron chi connectivity index (χ2n) is 4.96. The molecule has 23 heavy (non-hydrogen) atoms. The van der Waals surface area contributed by atoms with Crippen LogP contribution in [0.3, 0.4) is 0 Å². The van der Waals surface area contributed by atoms with Crippen molar-refractivity contribution >= 4 is 11.6 Å². The van der Waals surface area contributed by atoms with Crippen LogP contribution in [0.2, 0.25) is 5.02 Å². The van der Waals surface area contributed by atoms with Crippen molar-refractivity contribution in [3.63, 3.8) is 0 Å². The highest BCUT2D eigenvalue weighted by atomic mass is 35.5. The zero-order chi connectivity index (χ0) is 16.2. The van der Waals surface area contributed by atoms with Gasteiger partial charge in [0.25, 0.3) is 0 Å². The van der Waals surface area contributed by atoms with E-state index in [4.69, 9.17) is 16.3 Å². The van der Waals surface area contributed by atoms with Crippen molar-refractivity contribution in [3.8, 4) is 17.4 Å². The number of rotatable bonds is 5. The Bertz CT molecular complexity index is 834. The predicted molar refractivity (Wildman–Crippen MR) is 86.3 cm³/mol. The first-order chi connectivity index (χ1) is 11.1. The van der Waals surface area contributed by atoms with Gasteiger partial charge in [-0.25, -0.2) is 9.36 Å². The summed E-state index contributed by atoms with van der Waals surface area (Å²) in [6.07, 6.45) is 1.62. The third-order valence-electron chi connectivity index (χ3n) is 3.36. The van der Waals surface area contributed by atoms with Crippen LogP contribution < -0.4 is 10.5 Å². The van der Waals surface area contributed by atoms with E-state index in [1.54, 1.807) is 24.3 Å². The van der Waals surface area contributed by atoms with Gasteiger partial charge in [-0.2, -0.15) is 0 Å². The van der Waals surface area contributed by atoms with Gasteiger partial charge < -0.3 is 14.3 Å². The summed E-state index contributed by atoms with van der Waals surface area (Å²) in [7, 11) is 0. The van der Waals surface area contributed by atoms with Crippen molar-refractivity contribution in [1.82, 2.24) is 4.57 Å². The van der Waals surface area contributed by atoms with Crippen LogP contribution in [0.25, 0.3) is 0 Å². The average Bonchev–Trinajstić information content (AvgIpc) is 2.88. The van der Waals surface area contributed by atoms with Crippen LogP contribution in [0.15, 0.2) is 64.0 Å². The maximum absolute atomic E-state index is 11.3. The molecule has 6 heteroatoms. The highest BCUT2D eigenvalue weighted by Gasteiger charge is 2.06. The molecule has 3 rings (SSSR count). The van der Waals surface area contributed by atoms with E-state index in [0.717, 1.165) is 11.8 Å². The summed E-state index contributed by atoms with van der Waals surface area (Å²) in [5.41, 5.74) is 1.01. The lowest BCUT2D eigenvalue weighted by Gasteiger charge is -2.07. The van der Waals surface area contributed by atoms with Crippen molar-refractivity contribution in [2.24, 2.45) is 0 Å². The summed E-state index contributed by atoms with van der Waals surface area (Å²) in [6.45, 7) is 0.346. The van der Waals surface area contributed by atoms with E-state index < -0.39 is 5.76 Å². The summed E-state index contributed by atoms with van der Waals surface area (Å²) in [5, 5.41) is 10.1. The number of hydrogen-bond acceptors (Lipinski definition) is 4. The summed E-state index contributed by atoms with van der Waals surface area (Å²) in [4.78, 5) is 11.3. The molecule has 0 radical (unpaired) electrons. The average molecular weight is 332 g/mol. The second kappa shape index (κ2) is 6.62. The number of aromatic nitrogens is 1. The molecule has 3 aromatic rings. The van der Waals surface area contributed by atoms with E-state index in [-0.39, 0.29) is 5.88 Å². The van der Waals surface area contributed by atoms with Crippen LogP contribution in [0, 0.1) is 0 Å². The number of hydrogen-bond donors (Lipinski definition) is 1. The van der Waals surface area contributed by atoms with E-state index in [2.05, 4.69) is 4.42 Å². The number of benzene rings is 2. The Balaban J connectivity index is 1.63. The predicted octanol–water partition coefficient (Wildman–Crippen LogP) is 3.84. The van der Waals surface area contributed by atoms with Gasteiger partial charge in [0.15, 0.2) is 6.26 Å². The molecule has 0 unspecified atom stereocenters. The van der Waals surface area contributed by atoms with Gasteiger partial charge in [-0.15, -0.1) is 0 Å². The van der Waals surface area contributed by atoms with E-state index in [9.17, 15) is 9.90 Å². The van der Waals surface area contributed by atoms with E-state index in [1.165, 1.54) is 4.57 Å². The molecule has 0 aliphatic rings. The minimum Gasteiger partial charge on any atom is -0.492 e. The molecule has 0 atom stereocenters. The third kappa shape index (κ3) is 3.76. The molecular formula is C17H14ClNO4. The maximum Gasteiger partial charge on any atom is 0.421 e. The van der Waals surface area contributed by atoms with Crippen molar-refractivity contribution in [3.05, 3.63) is 75.9 Å². The van der Waals surface area contributed by atoms with Crippen molar-refractivity contribution in [1.29, 1.82) is 0 Å². The highest BCUT2D eigenvalue weighted by Crippen LogP contribution is 2.23. The normalized spacial score (nSPS) is 10.7. The fraction of sp³-hybridized carbons (Fsp3) is 0.118. The topological polar surface area (TPSA) is 64.6 Å². The highest BCUT2D eigenvalue weighted by molar-refractivity contribution is 6.30. The zero-order valence-corrected chi connectivity index (χ0v) is 12.9. The largest absolute Gasteiger partial charge is 0.492 e. The molecule has 0 fully saturated rings. The molecule has 0 spiro atoms.